The van der Waals surface area contributed by atoms with Crippen LogP contribution in [0.25, 0.3) is 6.08 Å². The summed E-state index contributed by atoms with van der Waals surface area (Å²) in [4.78, 5) is 60.3. The SMILES string of the molecule is CCOc1cc(/C=C2\C(=O)NC(=O)N(c3cc(Cl)ccc3C)C2=O)cc(Cl)c1Oc1ccc([N+](=O)[O-])cc1[N+](=O)[O-]. The molecule has 0 radical (unpaired) electrons. The Kier molecular flexibility index (Phi) is 8.21. The van der Waals surface area contributed by atoms with Crippen molar-refractivity contribution in [3.05, 3.63) is 95.5 Å². The van der Waals surface area contributed by atoms with Crippen molar-refractivity contribution in [2.24, 2.45) is 0 Å². The van der Waals surface area contributed by atoms with Crippen LogP contribution in [0.5, 0.6) is 17.2 Å². The number of hydrogen-bond acceptors (Lipinski definition) is 9. The maximum Gasteiger partial charge on any atom is 0.335 e. The molecule has 3 aromatic carbocycles. The van der Waals surface area contributed by atoms with E-state index in [-0.39, 0.29) is 45.2 Å². The molecule has 4 amide bonds. The van der Waals surface area contributed by atoms with Crippen LogP contribution in [-0.2, 0) is 9.59 Å². The van der Waals surface area contributed by atoms with E-state index in [0.29, 0.717) is 5.56 Å². The Morgan fingerprint density at radius 2 is 1.71 bits per heavy atom. The van der Waals surface area contributed by atoms with E-state index in [1.165, 1.54) is 24.3 Å². The number of carbonyl (C=O) groups excluding carboxylic acids is 3. The highest BCUT2D eigenvalue weighted by Gasteiger charge is 2.37. The average molecular weight is 601 g/mol. The Hall–Kier alpha value is -5.01. The number of barbiturate groups is 1. The molecule has 0 bridgehead atoms. The Balaban J connectivity index is 1.76. The normalized spacial score (nSPS) is 14.2. The zero-order valence-electron chi connectivity index (χ0n) is 21.2. The molecule has 3 aromatic rings. The first-order valence-electron chi connectivity index (χ1n) is 11.7. The summed E-state index contributed by atoms with van der Waals surface area (Å²) in [6.07, 6.45) is 1.18. The van der Waals surface area contributed by atoms with E-state index < -0.39 is 44.6 Å². The number of nitrogens with zero attached hydrogens (tertiary/aromatic N) is 3. The molecule has 0 aliphatic carbocycles. The summed E-state index contributed by atoms with van der Waals surface area (Å²) in [6, 6.07) is 9.13. The lowest BCUT2D eigenvalue weighted by molar-refractivity contribution is -0.394. The lowest BCUT2D eigenvalue weighted by Gasteiger charge is -2.27. The molecule has 1 saturated heterocycles. The van der Waals surface area contributed by atoms with Crippen molar-refractivity contribution < 1.29 is 33.7 Å². The van der Waals surface area contributed by atoms with Crippen LogP contribution in [0.3, 0.4) is 0 Å². The summed E-state index contributed by atoms with van der Waals surface area (Å²) in [5.74, 6) is -2.38. The highest BCUT2D eigenvalue weighted by molar-refractivity contribution is 6.40. The molecular weight excluding hydrogens is 583 g/mol. The number of ether oxygens (including phenoxy) is 2. The Morgan fingerprint density at radius 3 is 2.37 bits per heavy atom. The monoisotopic (exact) mass is 600 g/mol. The lowest BCUT2D eigenvalue weighted by atomic mass is 10.1. The zero-order valence-corrected chi connectivity index (χ0v) is 22.7. The van der Waals surface area contributed by atoms with Gasteiger partial charge in [-0.25, -0.2) is 9.69 Å². The molecule has 1 aliphatic heterocycles. The number of nitro benzene ring substituents is 2. The summed E-state index contributed by atoms with van der Waals surface area (Å²) >= 11 is 12.5. The molecule has 0 spiro atoms. The van der Waals surface area contributed by atoms with Crippen LogP contribution in [0.2, 0.25) is 10.0 Å². The number of hydrogen-bond donors (Lipinski definition) is 1. The number of carbonyl (C=O) groups is 3. The summed E-state index contributed by atoms with van der Waals surface area (Å²) < 4.78 is 11.3. The quantitative estimate of drug-likeness (QED) is 0.141. The Morgan fingerprint density at radius 1 is 0.976 bits per heavy atom. The van der Waals surface area contributed by atoms with E-state index in [9.17, 15) is 34.6 Å². The molecule has 210 valence electrons. The van der Waals surface area contributed by atoms with Crippen LogP contribution in [0.4, 0.5) is 21.9 Å². The predicted octanol–water partition coefficient (Wildman–Crippen LogP) is 5.98. The van der Waals surface area contributed by atoms with Crippen molar-refractivity contribution in [2.45, 2.75) is 13.8 Å². The minimum Gasteiger partial charge on any atom is -0.490 e. The van der Waals surface area contributed by atoms with Gasteiger partial charge in [-0.15, -0.1) is 0 Å². The van der Waals surface area contributed by atoms with Gasteiger partial charge in [0.15, 0.2) is 11.5 Å². The van der Waals surface area contributed by atoms with Gasteiger partial charge in [0, 0.05) is 11.1 Å². The van der Waals surface area contributed by atoms with Crippen molar-refractivity contribution in [1.82, 2.24) is 5.32 Å². The minimum absolute atomic E-state index is 0.0122. The van der Waals surface area contributed by atoms with Gasteiger partial charge >= 0.3 is 11.7 Å². The third-order valence-electron chi connectivity index (χ3n) is 5.72. The molecule has 0 unspecified atom stereocenters. The predicted molar refractivity (Wildman–Crippen MR) is 148 cm³/mol. The van der Waals surface area contributed by atoms with Gasteiger partial charge in [-0.1, -0.05) is 29.3 Å². The fourth-order valence-corrected chi connectivity index (χ4v) is 4.28. The van der Waals surface area contributed by atoms with E-state index in [4.69, 9.17) is 32.7 Å². The molecule has 41 heavy (non-hydrogen) atoms. The third kappa shape index (κ3) is 5.95. The van der Waals surface area contributed by atoms with Crippen molar-refractivity contribution in [3.63, 3.8) is 0 Å². The minimum atomic E-state index is -0.955. The Labute approximate surface area is 241 Å². The first kappa shape index (κ1) is 29.0. The molecule has 15 heteroatoms. The van der Waals surface area contributed by atoms with Crippen LogP contribution in [0.15, 0.2) is 54.1 Å². The van der Waals surface area contributed by atoms with E-state index in [2.05, 4.69) is 5.32 Å². The first-order chi connectivity index (χ1) is 19.4. The largest absolute Gasteiger partial charge is 0.490 e. The highest BCUT2D eigenvalue weighted by atomic mass is 35.5. The number of imide groups is 2. The topological polar surface area (TPSA) is 171 Å². The molecule has 0 atom stereocenters. The number of amides is 4. The van der Waals surface area contributed by atoms with Crippen molar-refractivity contribution in [1.29, 1.82) is 0 Å². The van der Waals surface area contributed by atoms with E-state index >= 15 is 0 Å². The first-order valence-corrected chi connectivity index (χ1v) is 12.4. The smallest absolute Gasteiger partial charge is 0.335 e. The molecule has 0 saturated carbocycles. The van der Waals surface area contributed by atoms with E-state index in [0.717, 1.165) is 23.1 Å². The second-order valence-corrected chi connectivity index (χ2v) is 9.26. The maximum absolute atomic E-state index is 13.3. The number of non-ortho nitro benzene ring substituents is 1. The van der Waals surface area contributed by atoms with Crippen LogP contribution in [0.1, 0.15) is 18.1 Å². The van der Waals surface area contributed by atoms with Crippen molar-refractivity contribution in [3.8, 4) is 17.2 Å². The number of nitro groups is 2. The summed E-state index contributed by atoms with van der Waals surface area (Å²) in [7, 11) is 0. The Bertz CT molecular complexity index is 1670. The fourth-order valence-electron chi connectivity index (χ4n) is 3.86. The van der Waals surface area contributed by atoms with Crippen molar-refractivity contribution in [2.75, 3.05) is 11.5 Å². The van der Waals surface area contributed by atoms with Crippen LogP contribution in [0, 0.1) is 27.2 Å². The number of urea groups is 1. The molecule has 1 heterocycles. The van der Waals surface area contributed by atoms with Gasteiger partial charge in [0.25, 0.3) is 17.5 Å². The molecule has 1 N–H and O–H groups in total. The van der Waals surface area contributed by atoms with Gasteiger partial charge in [0.05, 0.1) is 33.2 Å². The van der Waals surface area contributed by atoms with Gasteiger partial charge in [-0.3, -0.25) is 35.1 Å². The average Bonchev–Trinajstić information content (AvgIpc) is 2.90. The standard InChI is InChI=1S/C26H18Cl2N4O9/c1-3-40-22-10-14(9-18(28)23(22)41-21-7-6-16(31(36)37)12-20(21)32(38)39)8-17-24(33)29-26(35)30(25(17)34)19-11-15(27)5-4-13(19)2/h4-12H,3H2,1-2H3,(H,29,33,35)/b17-8+. The summed E-state index contributed by atoms with van der Waals surface area (Å²) in [5, 5.41) is 24.8. The summed E-state index contributed by atoms with van der Waals surface area (Å²) in [5.41, 5.74) is -0.677. The molecule has 13 nitrogen and oxygen atoms in total. The number of nitrogens with one attached hydrogen (secondary N) is 1. The number of benzene rings is 3. The van der Waals surface area contributed by atoms with Crippen LogP contribution < -0.4 is 19.7 Å². The van der Waals surface area contributed by atoms with Gasteiger partial charge in [0.2, 0.25) is 5.75 Å². The number of aryl methyl sites for hydroxylation is 1. The van der Waals surface area contributed by atoms with Gasteiger partial charge in [-0.2, -0.15) is 0 Å². The summed E-state index contributed by atoms with van der Waals surface area (Å²) in [6.45, 7) is 3.41. The van der Waals surface area contributed by atoms with Crippen LogP contribution >= 0.6 is 23.2 Å². The van der Waals surface area contributed by atoms with E-state index in [1.54, 1.807) is 26.0 Å². The third-order valence-corrected chi connectivity index (χ3v) is 6.23. The number of anilines is 1. The zero-order chi connectivity index (χ0) is 30.0. The second kappa shape index (κ2) is 11.6. The van der Waals surface area contributed by atoms with Crippen molar-refractivity contribution >= 4 is 64.2 Å². The van der Waals surface area contributed by atoms with Gasteiger partial charge < -0.3 is 9.47 Å². The van der Waals surface area contributed by atoms with Gasteiger partial charge in [-0.05, 0) is 61.4 Å². The lowest BCUT2D eigenvalue weighted by Crippen LogP contribution is -2.54. The fraction of sp³-hybridized carbons (Fsp3) is 0.115. The van der Waals surface area contributed by atoms with Crippen LogP contribution in [-0.4, -0.2) is 34.3 Å². The molecule has 1 fully saturated rings. The molecule has 4 rings (SSSR count). The van der Waals surface area contributed by atoms with Gasteiger partial charge in [0.1, 0.15) is 5.57 Å². The molecule has 0 aromatic heterocycles. The maximum atomic E-state index is 13.3. The number of rotatable bonds is 8. The number of halogens is 2. The van der Waals surface area contributed by atoms with E-state index in [1.807, 2.05) is 0 Å². The highest BCUT2D eigenvalue weighted by Crippen LogP contribution is 2.43. The second-order valence-electron chi connectivity index (χ2n) is 8.42. The molecule has 1 aliphatic rings. The molecular formula is C26H18Cl2N4O9.